The summed E-state index contributed by atoms with van der Waals surface area (Å²) in [6, 6.07) is 0. The van der Waals surface area contributed by atoms with Gasteiger partial charge in [0.1, 0.15) is 0 Å². The molecule has 16 heavy (non-hydrogen) atoms. The second-order valence-electron chi connectivity index (χ2n) is 4.52. The number of hydrogen-bond donors (Lipinski definition) is 3. The van der Waals surface area contributed by atoms with Gasteiger partial charge in [0.25, 0.3) is 0 Å². The molecule has 1 saturated carbocycles. The van der Waals surface area contributed by atoms with Crippen molar-refractivity contribution in [3.63, 3.8) is 0 Å². The third kappa shape index (κ3) is 2.81. The van der Waals surface area contributed by atoms with Crippen molar-refractivity contribution in [3.8, 4) is 0 Å². The summed E-state index contributed by atoms with van der Waals surface area (Å²) in [5.41, 5.74) is 0.609. The van der Waals surface area contributed by atoms with Crippen molar-refractivity contribution >= 4 is 0 Å². The minimum Gasteiger partial charge on any atom is -0.394 e. The van der Waals surface area contributed by atoms with Gasteiger partial charge < -0.3 is 15.5 Å². The highest BCUT2D eigenvalue weighted by Crippen LogP contribution is 2.30. The van der Waals surface area contributed by atoms with Crippen molar-refractivity contribution in [2.45, 2.75) is 38.0 Å². The maximum Gasteiger partial charge on any atom is 0.0771 e. The second-order valence-corrected chi connectivity index (χ2v) is 4.52. The Morgan fingerprint density at radius 1 is 1.50 bits per heavy atom. The quantitative estimate of drug-likeness (QED) is 0.631. The molecule has 0 aliphatic heterocycles. The Hall–Kier alpha value is -0.910. The lowest BCUT2D eigenvalue weighted by molar-refractivity contribution is -0.0314. The van der Waals surface area contributed by atoms with E-state index in [9.17, 15) is 5.11 Å². The largest absolute Gasteiger partial charge is 0.394 e. The van der Waals surface area contributed by atoms with Gasteiger partial charge >= 0.3 is 0 Å². The summed E-state index contributed by atoms with van der Waals surface area (Å²) in [4.78, 5) is 0. The van der Waals surface area contributed by atoms with Gasteiger partial charge in [0.05, 0.1) is 24.9 Å². The van der Waals surface area contributed by atoms with Crippen molar-refractivity contribution in [1.29, 1.82) is 0 Å². The number of aromatic nitrogens is 2. The van der Waals surface area contributed by atoms with E-state index in [0.29, 0.717) is 19.6 Å². The molecule has 0 spiro atoms. The van der Waals surface area contributed by atoms with Gasteiger partial charge in [-0.3, -0.25) is 4.68 Å². The molecule has 2 rings (SSSR count). The van der Waals surface area contributed by atoms with Crippen molar-refractivity contribution in [2.75, 3.05) is 13.2 Å². The van der Waals surface area contributed by atoms with Crippen LogP contribution in [-0.4, -0.2) is 38.7 Å². The fourth-order valence-corrected chi connectivity index (χ4v) is 1.92. The highest BCUT2D eigenvalue weighted by Gasteiger charge is 2.33. The molecule has 90 valence electrons. The average Bonchev–Trinajstić information content (AvgIpc) is 2.64. The van der Waals surface area contributed by atoms with Gasteiger partial charge in [0.15, 0.2) is 0 Å². The summed E-state index contributed by atoms with van der Waals surface area (Å²) in [7, 11) is 0. The SMILES string of the molecule is OCCn1cc(CNCC2(O)CCC2)cn1. The Morgan fingerprint density at radius 3 is 2.94 bits per heavy atom. The molecular formula is C11H19N3O2. The van der Waals surface area contributed by atoms with Crippen molar-refractivity contribution < 1.29 is 10.2 Å². The van der Waals surface area contributed by atoms with Crippen molar-refractivity contribution in [3.05, 3.63) is 18.0 Å². The Kier molecular flexibility index (Phi) is 3.58. The van der Waals surface area contributed by atoms with Gasteiger partial charge in [-0.15, -0.1) is 0 Å². The highest BCUT2D eigenvalue weighted by atomic mass is 16.3. The Labute approximate surface area is 95.1 Å². The zero-order valence-corrected chi connectivity index (χ0v) is 9.39. The number of rotatable bonds is 6. The van der Waals surface area contributed by atoms with Crippen LogP contribution in [0.1, 0.15) is 24.8 Å². The van der Waals surface area contributed by atoms with Gasteiger partial charge in [-0.2, -0.15) is 5.10 Å². The molecule has 0 amide bonds. The molecule has 0 bridgehead atoms. The van der Waals surface area contributed by atoms with E-state index in [1.54, 1.807) is 10.9 Å². The van der Waals surface area contributed by atoms with Crippen LogP contribution in [0.2, 0.25) is 0 Å². The van der Waals surface area contributed by atoms with Gasteiger partial charge in [-0.25, -0.2) is 0 Å². The molecule has 0 aromatic carbocycles. The lowest BCUT2D eigenvalue weighted by atomic mass is 9.80. The van der Waals surface area contributed by atoms with Crippen LogP contribution in [0.3, 0.4) is 0 Å². The fraction of sp³-hybridized carbons (Fsp3) is 0.727. The van der Waals surface area contributed by atoms with Crippen LogP contribution in [0.25, 0.3) is 0 Å². The van der Waals surface area contributed by atoms with Crippen molar-refractivity contribution in [1.82, 2.24) is 15.1 Å². The molecule has 1 heterocycles. The number of hydrogen-bond acceptors (Lipinski definition) is 4. The first-order valence-corrected chi connectivity index (χ1v) is 5.77. The highest BCUT2D eigenvalue weighted by molar-refractivity contribution is 5.03. The molecule has 1 aliphatic rings. The normalized spacial score (nSPS) is 18.4. The number of nitrogens with one attached hydrogen (secondary N) is 1. The third-order valence-electron chi connectivity index (χ3n) is 3.08. The second kappa shape index (κ2) is 4.95. The molecule has 1 aromatic rings. The predicted octanol–water partition coefficient (Wildman–Crippen LogP) is -0.120. The van der Waals surface area contributed by atoms with E-state index < -0.39 is 5.60 Å². The van der Waals surface area contributed by atoms with Gasteiger partial charge in [-0.1, -0.05) is 0 Å². The van der Waals surface area contributed by atoms with E-state index in [4.69, 9.17) is 5.11 Å². The molecule has 1 aliphatic carbocycles. The lowest BCUT2D eigenvalue weighted by Gasteiger charge is -2.36. The smallest absolute Gasteiger partial charge is 0.0771 e. The Balaban J connectivity index is 1.72. The third-order valence-corrected chi connectivity index (χ3v) is 3.08. The van der Waals surface area contributed by atoms with Crippen LogP contribution in [0.15, 0.2) is 12.4 Å². The van der Waals surface area contributed by atoms with E-state index in [1.807, 2.05) is 6.20 Å². The topological polar surface area (TPSA) is 70.3 Å². The zero-order valence-electron chi connectivity index (χ0n) is 9.39. The summed E-state index contributed by atoms with van der Waals surface area (Å²) in [6.45, 7) is 2.00. The first-order chi connectivity index (χ1) is 7.72. The van der Waals surface area contributed by atoms with Crippen LogP contribution in [0, 0.1) is 0 Å². The number of aliphatic hydroxyl groups excluding tert-OH is 1. The first-order valence-electron chi connectivity index (χ1n) is 5.77. The maximum absolute atomic E-state index is 9.86. The molecule has 0 radical (unpaired) electrons. The summed E-state index contributed by atoms with van der Waals surface area (Å²) in [5, 5.41) is 25.9. The standard InChI is InChI=1S/C11H19N3O2/c15-5-4-14-8-10(7-13-14)6-12-9-11(16)2-1-3-11/h7-8,12,15-16H,1-6,9H2. The van der Waals surface area contributed by atoms with E-state index in [0.717, 1.165) is 24.8 Å². The minimum absolute atomic E-state index is 0.105. The van der Waals surface area contributed by atoms with E-state index in [1.165, 1.54) is 0 Å². The lowest BCUT2D eigenvalue weighted by Crippen LogP contribution is -2.45. The summed E-state index contributed by atoms with van der Waals surface area (Å²) < 4.78 is 1.72. The van der Waals surface area contributed by atoms with E-state index >= 15 is 0 Å². The summed E-state index contributed by atoms with van der Waals surface area (Å²) in [6.07, 6.45) is 6.64. The van der Waals surface area contributed by atoms with Crippen molar-refractivity contribution in [2.24, 2.45) is 0 Å². The number of nitrogens with zero attached hydrogens (tertiary/aromatic N) is 2. The van der Waals surface area contributed by atoms with Gasteiger partial charge in [0, 0.05) is 24.8 Å². The molecule has 3 N–H and O–H groups in total. The average molecular weight is 225 g/mol. The number of aliphatic hydroxyl groups is 2. The molecule has 1 aromatic heterocycles. The molecule has 5 heteroatoms. The first kappa shape index (κ1) is 11.6. The monoisotopic (exact) mass is 225 g/mol. The Bertz CT molecular complexity index is 334. The van der Waals surface area contributed by atoms with Crippen LogP contribution in [-0.2, 0) is 13.1 Å². The molecular weight excluding hydrogens is 206 g/mol. The minimum atomic E-state index is -0.471. The molecule has 0 saturated heterocycles. The fourth-order valence-electron chi connectivity index (χ4n) is 1.92. The van der Waals surface area contributed by atoms with E-state index in [-0.39, 0.29) is 6.61 Å². The van der Waals surface area contributed by atoms with Gasteiger partial charge in [0.2, 0.25) is 0 Å². The summed E-state index contributed by atoms with van der Waals surface area (Å²) >= 11 is 0. The van der Waals surface area contributed by atoms with Gasteiger partial charge in [-0.05, 0) is 19.3 Å². The summed E-state index contributed by atoms with van der Waals surface area (Å²) in [5.74, 6) is 0. The molecule has 0 unspecified atom stereocenters. The van der Waals surface area contributed by atoms with Crippen LogP contribution in [0.5, 0.6) is 0 Å². The van der Waals surface area contributed by atoms with E-state index in [2.05, 4.69) is 10.4 Å². The molecule has 5 nitrogen and oxygen atoms in total. The zero-order chi connectivity index (χ0) is 11.4. The molecule has 1 fully saturated rings. The predicted molar refractivity (Wildman–Crippen MR) is 59.8 cm³/mol. The van der Waals surface area contributed by atoms with Crippen LogP contribution < -0.4 is 5.32 Å². The maximum atomic E-state index is 9.86. The van der Waals surface area contributed by atoms with Crippen LogP contribution >= 0.6 is 0 Å². The molecule has 0 atom stereocenters. The van der Waals surface area contributed by atoms with Crippen LogP contribution in [0.4, 0.5) is 0 Å². The Morgan fingerprint density at radius 2 is 2.31 bits per heavy atom.